The van der Waals surface area contributed by atoms with Gasteiger partial charge in [-0.05, 0) is 24.1 Å². The number of nitrogens with zero attached hydrogens (tertiary/aromatic N) is 1. The quantitative estimate of drug-likeness (QED) is 0.330. The van der Waals surface area contributed by atoms with E-state index in [4.69, 9.17) is 34.1 Å². The standard InChI is InChI=1S/C11H15Cl2N3O3S/c1-6(2)10(11(14)15-17)16-20(18,19)9-4-7(12)3-8(13)5-9/h3-6,10,16-17H,1-2H3,(H2,14,15). The molecule has 0 saturated carbocycles. The average molecular weight is 340 g/mol. The number of nitrogens with two attached hydrogens (primary N) is 1. The van der Waals surface area contributed by atoms with Crippen molar-refractivity contribution < 1.29 is 13.6 Å². The molecule has 1 aromatic carbocycles. The molecule has 0 aliphatic carbocycles. The Balaban J connectivity index is 3.16. The fourth-order valence-electron chi connectivity index (χ4n) is 1.52. The van der Waals surface area contributed by atoms with Crippen LogP contribution in [0.15, 0.2) is 28.3 Å². The van der Waals surface area contributed by atoms with Gasteiger partial charge in [-0.2, -0.15) is 0 Å². The van der Waals surface area contributed by atoms with Crippen molar-refractivity contribution in [1.82, 2.24) is 4.72 Å². The fraction of sp³-hybridized carbons (Fsp3) is 0.364. The summed E-state index contributed by atoms with van der Waals surface area (Å²) in [5, 5.41) is 11.9. The first-order valence-corrected chi connectivity index (χ1v) is 7.87. The smallest absolute Gasteiger partial charge is 0.241 e. The summed E-state index contributed by atoms with van der Waals surface area (Å²) in [6, 6.07) is 3.10. The Morgan fingerprint density at radius 2 is 1.80 bits per heavy atom. The number of halogens is 2. The van der Waals surface area contributed by atoms with Crippen LogP contribution in [0, 0.1) is 5.92 Å². The van der Waals surface area contributed by atoms with Gasteiger partial charge >= 0.3 is 0 Å². The van der Waals surface area contributed by atoms with E-state index in [0.29, 0.717) is 0 Å². The van der Waals surface area contributed by atoms with Crippen molar-refractivity contribution in [2.75, 3.05) is 0 Å². The van der Waals surface area contributed by atoms with Crippen molar-refractivity contribution >= 4 is 39.1 Å². The molecule has 0 spiro atoms. The van der Waals surface area contributed by atoms with E-state index in [9.17, 15) is 8.42 Å². The van der Waals surface area contributed by atoms with Crippen LogP contribution in [-0.2, 0) is 10.0 Å². The van der Waals surface area contributed by atoms with Crippen LogP contribution in [0.2, 0.25) is 10.0 Å². The first-order chi connectivity index (χ1) is 9.17. The average Bonchev–Trinajstić information content (AvgIpc) is 2.33. The van der Waals surface area contributed by atoms with Gasteiger partial charge in [-0.15, -0.1) is 0 Å². The maximum Gasteiger partial charge on any atom is 0.241 e. The Bertz CT molecular complexity index is 597. The highest BCUT2D eigenvalue weighted by Gasteiger charge is 2.26. The summed E-state index contributed by atoms with van der Waals surface area (Å²) in [5.41, 5.74) is 5.48. The molecule has 112 valence electrons. The van der Waals surface area contributed by atoms with Gasteiger partial charge in [0.15, 0.2) is 5.84 Å². The minimum Gasteiger partial charge on any atom is -0.409 e. The van der Waals surface area contributed by atoms with Crippen LogP contribution < -0.4 is 10.5 Å². The van der Waals surface area contributed by atoms with Crippen molar-refractivity contribution in [3.63, 3.8) is 0 Å². The zero-order valence-electron chi connectivity index (χ0n) is 10.8. The zero-order valence-corrected chi connectivity index (χ0v) is 13.2. The van der Waals surface area contributed by atoms with E-state index in [1.54, 1.807) is 13.8 Å². The van der Waals surface area contributed by atoms with E-state index in [1.165, 1.54) is 18.2 Å². The summed E-state index contributed by atoms with van der Waals surface area (Å²) < 4.78 is 26.9. The second-order valence-electron chi connectivity index (χ2n) is 4.47. The van der Waals surface area contributed by atoms with E-state index in [0.717, 1.165) is 0 Å². The normalized spacial score (nSPS) is 14.6. The molecule has 0 saturated heterocycles. The molecule has 1 rings (SSSR count). The molecule has 0 amide bonds. The van der Waals surface area contributed by atoms with E-state index in [1.807, 2.05) is 0 Å². The summed E-state index contributed by atoms with van der Waals surface area (Å²) in [5.74, 6) is -0.438. The summed E-state index contributed by atoms with van der Waals surface area (Å²) in [6.07, 6.45) is 0. The molecule has 20 heavy (non-hydrogen) atoms. The number of oxime groups is 1. The monoisotopic (exact) mass is 339 g/mol. The molecule has 1 unspecified atom stereocenters. The second-order valence-corrected chi connectivity index (χ2v) is 7.06. The lowest BCUT2D eigenvalue weighted by atomic mass is 10.1. The number of rotatable bonds is 5. The predicted molar refractivity (Wildman–Crippen MR) is 78.8 cm³/mol. The molecule has 0 heterocycles. The summed E-state index contributed by atoms with van der Waals surface area (Å²) in [7, 11) is -3.90. The van der Waals surface area contributed by atoms with Gasteiger partial charge in [0.05, 0.1) is 10.9 Å². The van der Waals surface area contributed by atoms with Gasteiger partial charge < -0.3 is 10.9 Å². The second kappa shape index (κ2) is 6.62. The van der Waals surface area contributed by atoms with Crippen molar-refractivity contribution in [3.05, 3.63) is 28.2 Å². The molecular weight excluding hydrogens is 325 g/mol. The number of benzene rings is 1. The molecule has 9 heteroatoms. The van der Waals surface area contributed by atoms with Crippen LogP contribution in [0.4, 0.5) is 0 Å². The number of hydrogen-bond acceptors (Lipinski definition) is 4. The molecule has 0 fully saturated rings. The lowest BCUT2D eigenvalue weighted by Crippen LogP contribution is -2.47. The van der Waals surface area contributed by atoms with Crippen LogP contribution in [0.3, 0.4) is 0 Å². The summed E-state index contributed by atoms with van der Waals surface area (Å²) in [6.45, 7) is 3.46. The molecule has 6 nitrogen and oxygen atoms in total. The van der Waals surface area contributed by atoms with Gasteiger partial charge in [-0.1, -0.05) is 42.2 Å². The molecule has 0 aliphatic rings. The van der Waals surface area contributed by atoms with Crippen molar-refractivity contribution in [2.45, 2.75) is 24.8 Å². The van der Waals surface area contributed by atoms with E-state index in [2.05, 4.69) is 9.88 Å². The lowest BCUT2D eigenvalue weighted by molar-refractivity contribution is 0.313. The topological polar surface area (TPSA) is 105 Å². The largest absolute Gasteiger partial charge is 0.409 e. The number of sulfonamides is 1. The number of amidine groups is 1. The van der Waals surface area contributed by atoms with E-state index in [-0.39, 0.29) is 26.7 Å². The van der Waals surface area contributed by atoms with Crippen LogP contribution in [0.1, 0.15) is 13.8 Å². The molecule has 1 atom stereocenters. The lowest BCUT2D eigenvalue weighted by Gasteiger charge is -2.20. The summed E-state index contributed by atoms with van der Waals surface area (Å²) >= 11 is 11.6. The molecule has 1 aromatic rings. The highest BCUT2D eigenvalue weighted by atomic mass is 35.5. The van der Waals surface area contributed by atoms with Crippen molar-refractivity contribution in [2.24, 2.45) is 16.8 Å². The third-order valence-electron chi connectivity index (χ3n) is 2.53. The minimum absolute atomic E-state index is 0.0913. The van der Waals surface area contributed by atoms with Gasteiger partial charge in [0, 0.05) is 10.0 Å². The molecule has 0 aliphatic heterocycles. The van der Waals surface area contributed by atoms with Gasteiger partial charge in [0.25, 0.3) is 0 Å². The predicted octanol–water partition coefficient (Wildman–Crippen LogP) is 2.04. The Hall–Kier alpha value is -1.02. The Morgan fingerprint density at radius 3 is 2.20 bits per heavy atom. The maximum atomic E-state index is 12.3. The third-order valence-corrected chi connectivity index (χ3v) is 4.39. The van der Waals surface area contributed by atoms with E-state index < -0.39 is 16.1 Å². The molecule has 0 bridgehead atoms. The Labute approximate surface area is 127 Å². The van der Waals surface area contributed by atoms with Gasteiger partial charge in [0.1, 0.15) is 0 Å². The van der Waals surface area contributed by atoms with Gasteiger partial charge in [-0.25, -0.2) is 13.1 Å². The fourth-order valence-corrected chi connectivity index (χ4v) is 3.60. The number of nitrogens with one attached hydrogen (secondary N) is 1. The first-order valence-electron chi connectivity index (χ1n) is 5.63. The zero-order chi connectivity index (χ0) is 15.5. The van der Waals surface area contributed by atoms with Crippen LogP contribution in [0.25, 0.3) is 0 Å². The Kier molecular flexibility index (Phi) is 5.64. The molecule has 4 N–H and O–H groups in total. The number of hydrogen-bond donors (Lipinski definition) is 3. The van der Waals surface area contributed by atoms with Gasteiger partial charge in [-0.3, -0.25) is 0 Å². The highest BCUT2D eigenvalue weighted by molar-refractivity contribution is 7.89. The Morgan fingerprint density at radius 1 is 1.30 bits per heavy atom. The maximum absolute atomic E-state index is 12.3. The van der Waals surface area contributed by atoms with E-state index >= 15 is 0 Å². The molecule has 0 radical (unpaired) electrons. The SMILES string of the molecule is CC(C)C(NS(=O)(=O)c1cc(Cl)cc(Cl)c1)C(N)=NO. The summed E-state index contributed by atoms with van der Waals surface area (Å²) in [4.78, 5) is -0.0913. The van der Waals surface area contributed by atoms with Crippen molar-refractivity contribution in [3.8, 4) is 0 Å². The van der Waals surface area contributed by atoms with Crippen molar-refractivity contribution in [1.29, 1.82) is 0 Å². The third kappa shape index (κ3) is 4.24. The molecule has 0 aromatic heterocycles. The highest BCUT2D eigenvalue weighted by Crippen LogP contribution is 2.22. The first kappa shape index (κ1) is 17.0. The minimum atomic E-state index is -3.90. The van der Waals surface area contributed by atoms with Crippen LogP contribution in [-0.4, -0.2) is 25.5 Å². The van der Waals surface area contributed by atoms with Crippen LogP contribution in [0.5, 0.6) is 0 Å². The van der Waals surface area contributed by atoms with Crippen LogP contribution >= 0.6 is 23.2 Å². The molecular formula is C11H15Cl2N3O3S. The van der Waals surface area contributed by atoms with Gasteiger partial charge in [0.2, 0.25) is 10.0 Å².